The Balaban J connectivity index is 1.70. The average molecular weight is 239 g/mol. The Labute approximate surface area is 102 Å². The Hall–Kier alpha value is -0.380. The van der Waals surface area contributed by atoms with Crippen molar-refractivity contribution in [2.24, 2.45) is 5.41 Å². The van der Waals surface area contributed by atoms with Crippen LogP contribution in [0.3, 0.4) is 0 Å². The summed E-state index contributed by atoms with van der Waals surface area (Å²) >= 11 is 1.83. The van der Waals surface area contributed by atoms with E-state index in [0.29, 0.717) is 5.41 Å². The molecule has 2 nitrogen and oxygen atoms in total. The number of hydrogen-bond acceptors (Lipinski definition) is 3. The Morgan fingerprint density at radius 3 is 2.94 bits per heavy atom. The maximum absolute atomic E-state index is 5.20. The molecule has 0 aliphatic heterocycles. The van der Waals surface area contributed by atoms with E-state index in [1.165, 1.54) is 30.6 Å². The summed E-state index contributed by atoms with van der Waals surface area (Å²) in [5.41, 5.74) is 0.535. The van der Waals surface area contributed by atoms with Gasteiger partial charge >= 0.3 is 0 Å². The van der Waals surface area contributed by atoms with Crippen LogP contribution in [0.15, 0.2) is 17.5 Å². The fourth-order valence-corrected chi connectivity index (χ4v) is 3.05. The SMILES string of the molecule is COCCC1(CNCc2cccs2)CCC1. The number of ether oxygens (including phenoxy) is 1. The third-order valence-corrected chi connectivity index (χ3v) is 4.51. The van der Waals surface area contributed by atoms with E-state index in [0.717, 1.165) is 19.7 Å². The summed E-state index contributed by atoms with van der Waals surface area (Å²) in [7, 11) is 1.80. The predicted octanol–water partition coefficient (Wildman–Crippen LogP) is 3.04. The first-order chi connectivity index (χ1) is 7.85. The minimum Gasteiger partial charge on any atom is -0.385 e. The van der Waals surface area contributed by atoms with Gasteiger partial charge in [-0.25, -0.2) is 0 Å². The molecule has 0 atom stereocenters. The quantitative estimate of drug-likeness (QED) is 0.789. The van der Waals surface area contributed by atoms with Gasteiger partial charge in [-0.2, -0.15) is 0 Å². The van der Waals surface area contributed by atoms with Gasteiger partial charge in [-0.1, -0.05) is 12.5 Å². The van der Waals surface area contributed by atoms with Crippen molar-refractivity contribution in [3.63, 3.8) is 0 Å². The molecule has 0 spiro atoms. The van der Waals surface area contributed by atoms with Gasteiger partial charge in [0, 0.05) is 31.7 Å². The zero-order valence-corrected chi connectivity index (χ0v) is 10.8. The minimum absolute atomic E-state index is 0.535. The van der Waals surface area contributed by atoms with E-state index >= 15 is 0 Å². The number of thiophene rings is 1. The largest absolute Gasteiger partial charge is 0.385 e. The van der Waals surface area contributed by atoms with Gasteiger partial charge in [0.15, 0.2) is 0 Å². The van der Waals surface area contributed by atoms with Crippen molar-refractivity contribution in [2.75, 3.05) is 20.3 Å². The Kier molecular flexibility index (Phi) is 4.38. The van der Waals surface area contributed by atoms with E-state index in [9.17, 15) is 0 Å². The topological polar surface area (TPSA) is 21.3 Å². The molecule has 2 rings (SSSR count). The first-order valence-electron chi connectivity index (χ1n) is 6.07. The maximum atomic E-state index is 5.20. The smallest absolute Gasteiger partial charge is 0.0468 e. The summed E-state index contributed by atoms with van der Waals surface area (Å²) in [5, 5.41) is 5.73. The molecular formula is C13H21NOS. The van der Waals surface area contributed by atoms with Gasteiger partial charge in [0.25, 0.3) is 0 Å². The third kappa shape index (κ3) is 3.06. The molecule has 1 aromatic heterocycles. The van der Waals surface area contributed by atoms with E-state index in [4.69, 9.17) is 4.74 Å². The third-order valence-electron chi connectivity index (χ3n) is 3.63. The van der Waals surface area contributed by atoms with Gasteiger partial charge in [-0.05, 0) is 36.1 Å². The van der Waals surface area contributed by atoms with E-state index < -0.39 is 0 Å². The molecule has 1 saturated carbocycles. The fraction of sp³-hybridized carbons (Fsp3) is 0.692. The molecule has 0 saturated heterocycles. The summed E-state index contributed by atoms with van der Waals surface area (Å²) in [6.07, 6.45) is 5.34. The molecule has 1 heterocycles. The van der Waals surface area contributed by atoms with Gasteiger partial charge < -0.3 is 10.1 Å². The molecule has 90 valence electrons. The molecule has 1 aliphatic rings. The highest BCUT2D eigenvalue weighted by Crippen LogP contribution is 2.43. The second-order valence-corrected chi connectivity index (χ2v) is 5.81. The molecule has 1 aliphatic carbocycles. The molecule has 0 unspecified atom stereocenters. The van der Waals surface area contributed by atoms with Crippen LogP contribution in [0.2, 0.25) is 0 Å². The first-order valence-corrected chi connectivity index (χ1v) is 6.95. The molecular weight excluding hydrogens is 218 g/mol. The zero-order valence-electron chi connectivity index (χ0n) is 10.00. The lowest BCUT2D eigenvalue weighted by atomic mass is 9.67. The van der Waals surface area contributed by atoms with E-state index in [-0.39, 0.29) is 0 Å². The van der Waals surface area contributed by atoms with Gasteiger partial charge in [0.05, 0.1) is 0 Å². The molecule has 16 heavy (non-hydrogen) atoms. The van der Waals surface area contributed by atoms with Crippen LogP contribution in [0, 0.1) is 5.41 Å². The van der Waals surface area contributed by atoms with Crippen molar-refractivity contribution in [3.8, 4) is 0 Å². The van der Waals surface area contributed by atoms with Crippen LogP contribution in [0.25, 0.3) is 0 Å². The fourth-order valence-electron chi connectivity index (χ4n) is 2.37. The molecule has 0 amide bonds. The Morgan fingerprint density at radius 2 is 2.38 bits per heavy atom. The van der Waals surface area contributed by atoms with Crippen molar-refractivity contribution in [3.05, 3.63) is 22.4 Å². The van der Waals surface area contributed by atoms with Crippen molar-refractivity contribution < 1.29 is 4.74 Å². The van der Waals surface area contributed by atoms with Crippen LogP contribution in [-0.4, -0.2) is 20.3 Å². The van der Waals surface area contributed by atoms with Crippen molar-refractivity contribution >= 4 is 11.3 Å². The number of hydrogen-bond donors (Lipinski definition) is 1. The van der Waals surface area contributed by atoms with Gasteiger partial charge in [0.1, 0.15) is 0 Å². The van der Waals surface area contributed by atoms with Crippen LogP contribution in [0.5, 0.6) is 0 Å². The highest BCUT2D eigenvalue weighted by atomic mass is 32.1. The normalized spacial score (nSPS) is 18.3. The summed E-state index contributed by atoms with van der Waals surface area (Å²) in [6.45, 7) is 3.07. The Bertz CT molecular complexity index is 293. The maximum Gasteiger partial charge on any atom is 0.0468 e. The number of methoxy groups -OCH3 is 1. The highest BCUT2D eigenvalue weighted by molar-refractivity contribution is 7.09. The lowest BCUT2D eigenvalue weighted by Gasteiger charge is -2.42. The highest BCUT2D eigenvalue weighted by Gasteiger charge is 2.35. The second kappa shape index (κ2) is 5.80. The number of nitrogens with one attached hydrogen (secondary N) is 1. The summed E-state index contributed by atoms with van der Waals surface area (Å²) in [6, 6.07) is 4.31. The molecule has 1 aromatic rings. The van der Waals surface area contributed by atoms with E-state index in [1.54, 1.807) is 7.11 Å². The molecule has 0 radical (unpaired) electrons. The van der Waals surface area contributed by atoms with Gasteiger partial charge in [-0.3, -0.25) is 0 Å². The van der Waals surface area contributed by atoms with Crippen molar-refractivity contribution in [1.82, 2.24) is 5.32 Å². The molecule has 3 heteroatoms. The molecule has 0 bridgehead atoms. The monoisotopic (exact) mass is 239 g/mol. The van der Waals surface area contributed by atoms with Crippen LogP contribution in [0.1, 0.15) is 30.6 Å². The molecule has 0 aromatic carbocycles. The minimum atomic E-state index is 0.535. The Morgan fingerprint density at radius 1 is 1.50 bits per heavy atom. The second-order valence-electron chi connectivity index (χ2n) is 4.78. The van der Waals surface area contributed by atoms with E-state index in [1.807, 2.05) is 11.3 Å². The van der Waals surface area contributed by atoms with Crippen LogP contribution in [0.4, 0.5) is 0 Å². The van der Waals surface area contributed by atoms with Crippen molar-refractivity contribution in [2.45, 2.75) is 32.2 Å². The molecule has 1 N–H and O–H groups in total. The zero-order chi connectivity index (χ0) is 11.3. The van der Waals surface area contributed by atoms with Gasteiger partial charge in [0.2, 0.25) is 0 Å². The first kappa shape index (κ1) is 12.1. The standard InChI is InChI=1S/C13H21NOS/c1-15-8-7-13(5-3-6-13)11-14-10-12-4-2-9-16-12/h2,4,9,14H,3,5-8,10-11H2,1H3. The lowest BCUT2D eigenvalue weighted by Crippen LogP contribution is -2.40. The number of rotatable bonds is 7. The summed E-state index contributed by atoms with van der Waals surface area (Å²) < 4.78 is 5.20. The summed E-state index contributed by atoms with van der Waals surface area (Å²) in [4.78, 5) is 1.43. The van der Waals surface area contributed by atoms with Gasteiger partial charge in [-0.15, -0.1) is 11.3 Å². The summed E-state index contributed by atoms with van der Waals surface area (Å²) in [5.74, 6) is 0. The van der Waals surface area contributed by atoms with Crippen LogP contribution in [-0.2, 0) is 11.3 Å². The predicted molar refractivity (Wildman–Crippen MR) is 68.8 cm³/mol. The average Bonchev–Trinajstić information content (AvgIpc) is 2.73. The lowest BCUT2D eigenvalue weighted by molar-refractivity contribution is 0.0690. The van der Waals surface area contributed by atoms with Crippen LogP contribution >= 0.6 is 11.3 Å². The van der Waals surface area contributed by atoms with Crippen molar-refractivity contribution in [1.29, 1.82) is 0 Å². The van der Waals surface area contributed by atoms with E-state index in [2.05, 4.69) is 22.8 Å². The molecule has 1 fully saturated rings. The van der Waals surface area contributed by atoms with Crippen LogP contribution < -0.4 is 5.32 Å².